The Morgan fingerprint density at radius 1 is 1.40 bits per heavy atom. The average Bonchev–Trinajstić information content (AvgIpc) is 2.95. The van der Waals surface area contributed by atoms with Gasteiger partial charge in [-0.25, -0.2) is 9.18 Å². The minimum atomic E-state index is -0.648. The van der Waals surface area contributed by atoms with Gasteiger partial charge in [-0.2, -0.15) is 0 Å². The highest BCUT2D eigenvalue weighted by Crippen LogP contribution is 2.36. The van der Waals surface area contributed by atoms with Crippen LogP contribution in [0.25, 0.3) is 10.1 Å². The molecule has 1 saturated heterocycles. The normalized spacial score (nSPS) is 17.7. The van der Waals surface area contributed by atoms with Crippen LogP contribution in [0.5, 0.6) is 0 Å². The number of likely N-dealkylation sites (tertiary alicyclic amines) is 1. The summed E-state index contributed by atoms with van der Waals surface area (Å²) >= 11 is 7.27. The summed E-state index contributed by atoms with van der Waals surface area (Å²) in [4.78, 5) is 26.7. The van der Waals surface area contributed by atoms with E-state index in [2.05, 4.69) is 6.92 Å². The number of esters is 1. The molecule has 0 saturated carbocycles. The molecule has 7 heteroatoms. The zero-order valence-electron chi connectivity index (χ0n) is 13.9. The molecule has 134 valence electrons. The third kappa shape index (κ3) is 3.80. The molecule has 0 aliphatic carbocycles. The van der Waals surface area contributed by atoms with Crippen molar-refractivity contribution in [3.63, 3.8) is 0 Å². The zero-order valence-corrected chi connectivity index (χ0v) is 15.5. The molecule has 0 bridgehead atoms. The predicted octanol–water partition coefficient (Wildman–Crippen LogP) is 4.64. The number of carbonyl (C=O) groups excluding carboxylic acids is 2. The summed E-state index contributed by atoms with van der Waals surface area (Å²) in [7, 11) is 0. The van der Waals surface area contributed by atoms with Crippen LogP contribution < -0.4 is 0 Å². The van der Waals surface area contributed by atoms with Crippen molar-refractivity contribution in [2.75, 3.05) is 13.2 Å². The highest BCUT2D eigenvalue weighted by molar-refractivity contribution is 7.21. The molecule has 1 atom stereocenters. The largest absolute Gasteiger partial charge is 0.451 e. The molecule has 1 aromatic carbocycles. The molecule has 1 fully saturated rings. The van der Waals surface area contributed by atoms with Crippen LogP contribution >= 0.6 is 22.9 Å². The van der Waals surface area contributed by atoms with Crippen LogP contribution in [0.4, 0.5) is 4.39 Å². The van der Waals surface area contributed by atoms with Gasteiger partial charge in [-0.05, 0) is 43.9 Å². The van der Waals surface area contributed by atoms with Gasteiger partial charge in [0.1, 0.15) is 10.7 Å². The van der Waals surface area contributed by atoms with Gasteiger partial charge in [0.15, 0.2) is 6.61 Å². The molecule has 25 heavy (non-hydrogen) atoms. The number of fused-ring (bicyclic) bond motifs is 1. The monoisotopic (exact) mass is 383 g/mol. The third-order valence-corrected chi connectivity index (χ3v) is 6.16. The lowest BCUT2D eigenvalue weighted by Crippen LogP contribution is -2.45. The molecule has 3 rings (SSSR count). The lowest BCUT2D eigenvalue weighted by molar-refractivity contribution is -0.138. The quantitative estimate of drug-likeness (QED) is 0.722. The van der Waals surface area contributed by atoms with Crippen molar-refractivity contribution in [1.29, 1.82) is 0 Å². The number of hydrogen-bond acceptors (Lipinski definition) is 4. The van der Waals surface area contributed by atoms with E-state index in [1.165, 1.54) is 18.2 Å². The van der Waals surface area contributed by atoms with Crippen LogP contribution in [0.2, 0.25) is 5.02 Å². The van der Waals surface area contributed by atoms with Gasteiger partial charge >= 0.3 is 5.97 Å². The molecule has 1 amide bonds. The summed E-state index contributed by atoms with van der Waals surface area (Å²) in [5, 5.41) is 0.843. The number of rotatable bonds is 4. The first kappa shape index (κ1) is 18.1. The first-order valence-electron chi connectivity index (χ1n) is 8.35. The van der Waals surface area contributed by atoms with Crippen molar-refractivity contribution in [3.05, 3.63) is 33.9 Å². The number of amides is 1. The van der Waals surface area contributed by atoms with E-state index in [-0.39, 0.29) is 28.5 Å². The van der Waals surface area contributed by atoms with Crippen molar-refractivity contribution in [3.8, 4) is 0 Å². The van der Waals surface area contributed by atoms with Gasteiger partial charge in [-0.15, -0.1) is 11.3 Å². The van der Waals surface area contributed by atoms with E-state index in [0.29, 0.717) is 16.6 Å². The van der Waals surface area contributed by atoms with Crippen LogP contribution in [0.1, 0.15) is 42.3 Å². The van der Waals surface area contributed by atoms with Crippen LogP contribution in [0.3, 0.4) is 0 Å². The summed E-state index contributed by atoms with van der Waals surface area (Å²) in [6.07, 6.45) is 3.98. The molecule has 1 aliphatic heterocycles. The van der Waals surface area contributed by atoms with Crippen molar-refractivity contribution in [1.82, 2.24) is 4.90 Å². The van der Waals surface area contributed by atoms with Gasteiger partial charge in [0.2, 0.25) is 0 Å². The summed E-state index contributed by atoms with van der Waals surface area (Å²) in [5.74, 6) is -1.22. The van der Waals surface area contributed by atoms with Crippen LogP contribution in [-0.4, -0.2) is 36.0 Å². The van der Waals surface area contributed by atoms with E-state index in [9.17, 15) is 14.0 Å². The minimum absolute atomic E-state index is 0.178. The van der Waals surface area contributed by atoms with E-state index in [4.69, 9.17) is 16.3 Å². The maximum atomic E-state index is 13.3. The molecule has 1 aliphatic rings. The Labute approximate surface area is 154 Å². The number of carbonyl (C=O) groups is 2. The first-order valence-corrected chi connectivity index (χ1v) is 9.54. The lowest BCUT2D eigenvalue weighted by Gasteiger charge is -2.35. The van der Waals surface area contributed by atoms with E-state index < -0.39 is 11.8 Å². The Bertz CT molecular complexity index is 807. The highest BCUT2D eigenvalue weighted by atomic mass is 35.5. The summed E-state index contributed by atoms with van der Waals surface area (Å²) in [6.45, 7) is 2.46. The second kappa shape index (κ2) is 7.70. The van der Waals surface area contributed by atoms with Gasteiger partial charge < -0.3 is 9.64 Å². The fourth-order valence-electron chi connectivity index (χ4n) is 3.20. The number of nitrogens with zero attached hydrogens (tertiary/aromatic N) is 1. The highest BCUT2D eigenvalue weighted by Gasteiger charge is 2.27. The van der Waals surface area contributed by atoms with Gasteiger partial charge in [0.25, 0.3) is 5.91 Å². The van der Waals surface area contributed by atoms with Crippen molar-refractivity contribution < 1.29 is 18.7 Å². The Kier molecular flexibility index (Phi) is 5.59. The summed E-state index contributed by atoms with van der Waals surface area (Å²) in [6, 6.07) is 4.37. The molecule has 2 aromatic rings. The Morgan fingerprint density at radius 2 is 2.20 bits per heavy atom. The topological polar surface area (TPSA) is 46.6 Å². The van der Waals surface area contributed by atoms with Crippen LogP contribution in [-0.2, 0) is 9.53 Å². The zero-order chi connectivity index (χ0) is 18.0. The maximum Gasteiger partial charge on any atom is 0.350 e. The molecule has 0 unspecified atom stereocenters. The van der Waals surface area contributed by atoms with Crippen molar-refractivity contribution >= 4 is 44.9 Å². The average molecular weight is 384 g/mol. The molecule has 0 N–H and O–H groups in total. The van der Waals surface area contributed by atoms with E-state index in [1.54, 1.807) is 4.90 Å². The number of thiophene rings is 1. The lowest BCUT2D eigenvalue weighted by atomic mass is 10.00. The van der Waals surface area contributed by atoms with Crippen molar-refractivity contribution in [2.45, 2.75) is 38.6 Å². The summed E-state index contributed by atoms with van der Waals surface area (Å²) < 4.78 is 19.1. The fraction of sp³-hybridized carbons (Fsp3) is 0.444. The van der Waals surface area contributed by atoms with E-state index in [1.807, 2.05) is 0 Å². The smallest absolute Gasteiger partial charge is 0.350 e. The minimum Gasteiger partial charge on any atom is -0.451 e. The van der Waals surface area contributed by atoms with Gasteiger partial charge in [0.05, 0.1) is 5.02 Å². The van der Waals surface area contributed by atoms with E-state index in [0.717, 1.165) is 37.0 Å². The third-order valence-electron chi connectivity index (χ3n) is 4.52. The second-order valence-electron chi connectivity index (χ2n) is 6.11. The number of piperidine rings is 1. The Morgan fingerprint density at radius 3 is 2.96 bits per heavy atom. The van der Waals surface area contributed by atoms with Gasteiger partial charge in [-0.3, -0.25) is 4.79 Å². The number of hydrogen-bond donors (Lipinski definition) is 0. The molecule has 4 nitrogen and oxygen atoms in total. The van der Waals surface area contributed by atoms with Crippen LogP contribution in [0.15, 0.2) is 18.2 Å². The van der Waals surface area contributed by atoms with Crippen molar-refractivity contribution in [2.24, 2.45) is 0 Å². The second-order valence-corrected chi connectivity index (χ2v) is 7.54. The SMILES string of the molecule is CC[C@@H]1CCCCN1C(=O)COC(=O)c1sc2cc(F)ccc2c1Cl. The van der Waals surface area contributed by atoms with Gasteiger partial charge in [-0.1, -0.05) is 18.5 Å². The predicted molar refractivity (Wildman–Crippen MR) is 96.7 cm³/mol. The van der Waals surface area contributed by atoms with Crippen LogP contribution in [0, 0.1) is 5.82 Å². The number of halogens is 2. The Balaban J connectivity index is 1.68. The molecule has 0 radical (unpaired) electrons. The standard InChI is InChI=1S/C18H19ClFNO3S/c1-2-12-5-3-4-8-21(12)15(22)10-24-18(23)17-16(19)13-7-6-11(20)9-14(13)25-17/h6-7,9,12H,2-5,8,10H2,1H3/t12-/m1/s1. The van der Waals surface area contributed by atoms with Gasteiger partial charge in [0, 0.05) is 22.7 Å². The molecular formula is C18H19ClFNO3S. The molecular weight excluding hydrogens is 365 g/mol. The maximum absolute atomic E-state index is 13.3. The number of ether oxygens (including phenoxy) is 1. The fourth-order valence-corrected chi connectivity index (χ4v) is 4.63. The summed E-state index contributed by atoms with van der Waals surface area (Å²) in [5.41, 5.74) is 0. The molecule has 1 aromatic heterocycles. The first-order chi connectivity index (χ1) is 12.0. The number of benzene rings is 1. The Hall–Kier alpha value is -1.66. The molecule has 2 heterocycles. The molecule has 0 spiro atoms. The van der Waals surface area contributed by atoms with E-state index >= 15 is 0 Å².